The molecule has 1 fully saturated rings. The number of nitrogens with zero attached hydrogens (tertiary/aromatic N) is 3. The Morgan fingerprint density at radius 1 is 0.768 bits per heavy atom. The van der Waals surface area contributed by atoms with E-state index in [9.17, 15) is 33.6 Å². The van der Waals surface area contributed by atoms with Crippen LogP contribution in [0, 0.1) is 0 Å². The highest BCUT2D eigenvalue weighted by Crippen LogP contribution is 2.36. The third-order valence-corrected chi connectivity index (χ3v) is 11.7. The predicted molar refractivity (Wildman–Crippen MR) is 250 cm³/mol. The van der Waals surface area contributed by atoms with Crippen LogP contribution in [-0.2, 0) is 28.7 Å². The first-order valence-electron chi connectivity index (χ1n) is 22.2. The molecule has 0 radical (unpaired) electrons. The topological polar surface area (TPSA) is 232 Å². The van der Waals surface area contributed by atoms with Gasteiger partial charge in [-0.25, -0.2) is 0 Å². The Bertz CT molecular complexity index is 3050. The quantitative estimate of drug-likeness (QED) is 0.0582. The Morgan fingerprint density at radius 3 is 2.30 bits per heavy atom. The largest absolute Gasteiger partial charge is 0.459 e. The van der Waals surface area contributed by atoms with Crippen molar-refractivity contribution < 1.29 is 51.9 Å². The summed E-state index contributed by atoms with van der Waals surface area (Å²) in [5.74, 6) is -4.17. The molecule has 69 heavy (non-hydrogen) atoms. The second-order valence-corrected chi connectivity index (χ2v) is 16.1. The second kappa shape index (κ2) is 20.6. The van der Waals surface area contributed by atoms with E-state index in [4.69, 9.17) is 18.3 Å². The zero-order valence-corrected chi connectivity index (χ0v) is 36.9. The van der Waals surface area contributed by atoms with Gasteiger partial charge < -0.3 is 34.3 Å². The molecule has 5 heterocycles. The van der Waals surface area contributed by atoms with Gasteiger partial charge >= 0.3 is 0 Å². The molecule has 2 unspecified atom stereocenters. The number of amides is 7. The highest BCUT2D eigenvalue weighted by Gasteiger charge is 2.45. The number of carbonyl (C=O) groups is 7. The Hall–Kier alpha value is -8.48. The lowest BCUT2D eigenvalue weighted by Crippen LogP contribution is -2.54. The van der Waals surface area contributed by atoms with Crippen molar-refractivity contribution in [3.05, 3.63) is 162 Å². The molecule has 0 aliphatic carbocycles. The molecule has 1 saturated heterocycles. The van der Waals surface area contributed by atoms with Crippen molar-refractivity contribution in [3.63, 3.8) is 0 Å². The van der Waals surface area contributed by atoms with E-state index in [1.54, 1.807) is 79.0 Å². The van der Waals surface area contributed by atoms with Crippen molar-refractivity contribution in [2.45, 2.75) is 31.0 Å². The normalized spacial score (nSPS) is 15.4. The van der Waals surface area contributed by atoms with Crippen LogP contribution in [0.4, 0.5) is 11.4 Å². The molecule has 4 aromatic carbocycles. The molecule has 2 aliphatic heterocycles. The summed E-state index contributed by atoms with van der Waals surface area (Å²) in [6.45, 7) is 1.11. The maximum absolute atomic E-state index is 14.8. The molecular weight excluding hydrogens is 887 g/mol. The number of hydrogen-bond donors (Lipinski definition) is 4. The number of imide groups is 2. The number of nitrogens with one attached hydrogen (secondary N) is 4. The van der Waals surface area contributed by atoms with Gasteiger partial charge in [0.2, 0.25) is 23.6 Å². The maximum Gasteiger partial charge on any atom is 0.294 e. The number of piperidine rings is 1. The molecule has 7 amide bonds. The molecule has 0 saturated carbocycles. The number of pyridine rings is 1. The Balaban J connectivity index is 0.813. The van der Waals surface area contributed by atoms with E-state index in [1.165, 1.54) is 29.5 Å². The lowest BCUT2D eigenvalue weighted by atomic mass is 10.0. The van der Waals surface area contributed by atoms with Gasteiger partial charge in [-0.1, -0.05) is 60.7 Å². The second-order valence-electron chi connectivity index (χ2n) is 16.1. The number of fused-ring (bicyclic) bond motifs is 4. The van der Waals surface area contributed by atoms with E-state index >= 15 is 0 Å². The highest BCUT2D eigenvalue weighted by molar-refractivity contribution is 6.25. The van der Waals surface area contributed by atoms with Gasteiger partial charge in [-0.05, 0) is 60.5 Å². The Labute approximate surface area is 393 Å². The Kier molecular flexibility index (Phi) is 13.6. The standard InChI is InChI=1S/C51H45N7O11/c59-42-20-19-38(46(60)55-42)58-49(63)36-13-6-14-37(43(36)51(58)65)53-22-25-66-27-28-67-26-23-54-47(61)44(31-9-2-1-3-10-31)56-48(62)45(32-11-7-21-52-30-32)57(50(64)40-16-8-24-68-40)33-17-18-35-34-12-4-5-15-39(34)69-41(35)29-33/h1-18,21,24,29-30,38,44-45,53H,19-20,22-23,25-28H2,(H,54,61)(H,56,62)(H,55,59,60)/t38?,44-,45?/m0/s1. The number of anilines is 2. The van der Waals surface area contributed by atoms with Crippen LogP contribution in [0.1, 0.15) is 67.3 Å². The molecule has 2 aliphatic rings. The highest BCUT2D eigenvalue weighted by atomic mass is 16.5. The average Bonchev–Trinajstić information content (AvgIpc) is 4.10. The van der Waals surface area contributed by atoms with Crippen molar-refractivity contribution in [3.8, 4) is 0 Å². The number of hydrogen-bond acceptors (Lipinski definition) is 13. The minimum atomic E-state index is -1.34. The number of ether oxygens (including phenoxy) is 2. The van der Waals surface area contributed by atoms with Crippen LogP contribution in [0.15, 0.2) is 143 Å². The number of rotatable bonds is 19. The van der Waals surface area contributed by atoms with Crippen molar-refractivity contribution in [2.24, 2.45) is 0 Å². The first kappa shape index (κ1) is 45.7. The van der Waals surface area contributed by atoms with Crippen LogP contribution in [0.2, 0.25) is 0 Å². The molecular formula is C51H45N7O11. The van der Waals surface area contributed by atoms with E-state index in [2.05, 4.69) is 26.3 Å². The lowest BCUT2D eigenvalue weighted by molar-refractivity contribution is -0.136. The number of aromatic nitrogens is 1. The SMILES string of the molecule is O=C1CCC(N2C(=O)c3cccc(NCCOCCOCCNC(=O)[C@@H](NC(=O)C(c4cccnc4)N(C(=O)c4ccco4)c4ccc5c(c4)oc4ccccc45)c4ccccc4)c3C2=O)C(=O)N1. The molecule has 3 atom stereocenters. The fourth-order valence-electron chi connectivity index (χ4n) is 8.48. The molecule has 3 aromatic heterocycles. The first-order valence-corrected chi connectivity index (χ1v) is 22.2. The molecule has 0 spiro atoms. The average molecular weight is 932 g/mol. The van der Waals surface area contributed by atoms with E-state index < -0.39 is 59.5 Å². The number of benzene rings is 4. The van der Waals surface area contributed by atoms with Gasteiger partial charge in [0.15, 0.2) is 5.76 Å². The smallest absolute Gasteiger partial charge is 0.294 e. The predicted octanol–water partition coefficient (Wildman–Crippen LogP) is 5.48. The summed E-state index contributed by atoms with van der Waals surface area (Å²) in [7, 11) is 0. The first-order chi connectivity index (χ1) is 33.7. The van der Waals surface area contributed by atoms with Gasteiger partial charge in [-0.15, -0.1) is 0 Å². The van der Waals surface area contributed by atoms with Gasteiger partial charge in [-0.2, -0.15) is 0 Å². The van der Waals surface area contributed by atoms with E-state index in [-0.39, 0.29) is 69.2 Å². The Morgan fingerprint density at radius 2 is 1.54 bits per heavy atom. The summed E-state index contributed by atoms with van der Waals surface area (Å²) in [5, 5.41) is 12.8. The third kappa shape index (κ3) is 9.70. The lowest BCUT2D eigenvalue weighted by Gasteiger charge is -2.32. The van der Waals surface area contributed by atoms with Crippen molar-refractivity contribution in [1.29, 1.82) is 0 Å². The van der Waals surface area contributed by atoms with Crippen molar-refractivity contribution in [1.82, 2.24) is 25.8 Å². The molecule has 350 valence electrons. The van der Waals surface area contributed by atoms with Crippen LogP contribution in [0.5, 0.6) is 0 Å². The summed E-state index contributed by atoms with van der Waals surface area (Å²) < 4.78 is 23.2. The van der Waals surface area contributed by atoms with Crippen LogP contribution in [0.3, 0.4) is 0 Å². The fourth-order valence-corrected chi connectivity index (χ4v) is 8.48. The minimum absolute atomic E-state index is 0.0195. The van der Waals surface area contributed by atoms with Gasteiger partial charge in [0.25, 0.3) is 17.7 Å². The fraction of sp³-hybridized carbons (Fsp3) is 0.216. The molecule has 18 heteroatoms. The minimum Gasteiger partial charge on any atom is -0.459 e. The van der Waals surface area contributed by atoms with Crippen LogP contribution < -0.4 is 26.2 Å². The number of para-hydroxylation sites is 1. The van der Waals surface area contributed by atoms with E-state index in [1.807, 2.05) is 30.3 Å². The van der Waals surface area contributed by atoms with Crippen molar-refractivity contribution in [2.75, 3.05) is 49.7 Å². The van der Waals surface area contributed by atoms with Gasteiger partial charge in [0.1, 0.15) is 29.3 Å². The summed E-state index contributed by atoms with van der Waals surface area (Å²) in [6.07, 6.45) is 4.49. The zero-order valence-electron chi connectivity index (χ0n) is 36.9. The van der Waals surface area contributed by atoms with E-state index in [0.717, 1.165) is 15.7 Å². The summed E-state index contributed by atoms with van der Waals surface area (Å²) in [4.78, 5) is 100. The number of carbonyl (C=O) groups excluding carboxylic acids is 7. The van der Waals surface area contributed by atoms with Crippen molar-refractivity contribution >= 4 is 74.7 Å². The molecule has 18 nitrogen and oxygen atoms in total. The summed E-state index contributed by atoms with van der Waals surface area (Å²) >= 11 is 0. The summed E-state index contributed by atoms with van der Waals surface area (Å²) in [6, 6.07) is 29.2. The van der Waals surface area contributed by atoms with Gasteiger partial charge in [0.05, 0.1) is 43.8 Å². The van der Waals surface area contributed by atoms with Crippen LogP contribution >= 0.6 is 0 Å². The molecule has 9 rings (SSSR count). The van der Waals surface area contributed by atoms with Gasteiger partial charge in [-0.3, -0.25) is 53.7 Å². The number of furan rings is 2. The summed E-state index contributed by atoms with van der Waals surface area (Å²) in [5.41, 5.74) is 3.08. The van der Waals surface area contributed by atoms with Gasteiger partial charge in [0, 0.05) is 65.7 Å². The molecule has 0 bridgehead atoms. The zero-order chi connectivity index (χ0) is 47.9. The van der Waals surface area contributed by atoms with Crippen LogP contribution in [0.25, 0.3) is 21.9 Å². The third-order valence-electron chi connectivity index (χ3n) is 11.7. The van der Waals surface area contributed by atoms with E-state index in [0.29, 0.717) is 33.7 Å². The maximum atomic E-state index is 14.8. The van der Waals surface area contributed by atoms with Crippen LogP contribution in [-0.4, -0.2) is 96.8 Å². The molecule has 7 aromatic rings. The monoisotopic (exact) mass is 931 g/mol. The molecule has 4 N–H and O–H groups in total.